The van der Waals surface area contributed by atoms with E-state index >= 15 is 0 Å². The van der Waals surface area contributed by atoms with Gasteiger partial charge in [-0.1, -0.05) is 60.2 Å². The number of nitrogens with zero attached hydrogens (tertiary/aromatic N) is 1. The number of hydrogen-bond donors (Lipinski definition) is 0. The molecule has 4 rings (SSSR count). The summed E-state index contributed by atoms with van der Waals surface area (Å²) in [6, 6.07) is 24.0. The first kappa shape index (κ1) is 20.5. The molecule has 1 heterocycles. The highest BCUT2D eigenvalue weighted by molar-refractivity contribution is 6.16. The number of hydrogen-bond acceptors (Lipinski definition) is 3. The van der Waals surface area contributed by atoms with Crippen molar-refractivity contribution in [2.45, 2.75) is 20.8 Å². The van der Waals surface area contributed by atoms with E-state index in [1.165, 1.54) is 0 Å². The van der Waals surface area contributed by atoms with Crippen LogP contribution in [0.25, 0.3) is 28.1 Å². The van der Waals surface area contributed by atoms with Crippen LogP contribution in [0.3, 0.4) is 0 Å². The minimum Gasteiger partial charge on any atom is -0.493 e. The molecule has 0 aliphatic carbocycles. The molecular weight excluding hydrogens is 382 g/mol. The van der Waals surface area contributed by atoms with Crippen LogP contribution in [-0.4, -0.2) is 17.4 Å². The van der Waals surface area contributed by atoms with E-state index < -0.39 is 0 Å². The molecule has 0 radical (unpaired) electrons. The number of aryl methyl sites for hydroxylation is 2. The number of pyridine rings is 1. The third-order valence-corrected chi connectivity index (χ3v) is 5.26. The van der Waals surface area contributed by atoms with Gasteiger partial charge in [-0.05, 0) is 56.7 Å². The molecular formula is C28H25NO2. The minimum absolute atomic E-state index is 0.0708. The number of ether oxygens (including phenoxy) is 1. The highest BCUT2D eigenvalue weighted by Crippen LogP contribution is 2.34. The normalized spacial score (nSPS) is 11.2. The zero-order chi connectivity index (χ0) is 21.8. The zero-order valence-corrected chi connectivity index (χ0v) is 18.1. The lowest BCUT2D eigenvalue weighted by atomic mass is 9.91. The molecule has 0 aliphatic heterocycles. The second-order valence-electron chi connectivity index (χ2n) is 7.50. The van der Waals surface area contributed by atoms with Gasteiger partial charge in [0.15, 0.2) is 5.78 Å². The Morgan fingerprint density at radius 2 is 1.71 bits per heavy atom. The van der Waals surface area contributed by atoms with E-state index in [4.69, 9.17) is 9.72 Å². The van der Waals surface area contributed by atoms with Crippen molar-refractivity contribution < 1.29 is 9.53 Å². The SMILES string of the molecule is CCOc1ccccc1/C=C\C(=O)c1c(C)nc2ccc(C)cc2c1-c1ccccc1. The molecule has 3 aromatic carbocycles. The molecule has 0 atom stereocenters. The second kappa shape index (κ2) is 8.97. The number of para-hydroxylation sites is 1. The van der Waals surface area contributed by atoms with E-state index in [9.17, 15) is 4.79 Å². The van der Waals surface area contributed by atoms with E-state index in [0.717, 1.165) is 44.6 Å². The summed E-state index contributed by atoms with van der Waals surface area (Å²) < 4.78 is 5.69. The number of benzene rings is 3. The van der Waals surface area contributed by atoms with Crippen molar-refractivity contribution in [2.75, 3.05) is 6.61 Å². The number of carbonyl (C=O) groups excluding carboxylic acids is 1. The van der Waals surface area contributed by atoms with Crippen LogP contribution in [0.4, 0.5) is 0 Å². The van der Waals surface area contributed by atoms with Crippen LogP contribution in [0.1, 0.15) is 34.1 Å². The molecule has 0 saturated heterocycles. The second-order valence-corrected chi connectivity index (χ2v) is 7.50. The minimum atomic E-state index is -0.0708. The van der Waals surface area contributed by atoms with Gasteiger partial charge in [-0.2, -0.15) is 0 Å². The lowest BCUT2D eigenvalue weighted by molar-refractivity contribution is 0.104. The van der Waals surface area contributed by atoms with E-state index in [1.54, 1.807) is 6.08 Å². The van der Waals surface area contributed by atoms with Crippen molar-refractivity contribution in [3.05, 3.63) is 101 Å². The molecule has 4 aromatic rings. The number of rotatable bonds is 6. The Labute approximate surface area is 183 Å². The van der Waals surface area contributed by atoms with Gasteiger partial charge in [-0.3, -0.25) is 9.78 Å². The molecule has 31 heavy (non-hydrogen) atoms. The van der Waals surface area contributed by atoms with Crippen molar-refractivity contribution in [1.82, 2.24) is 4.98 Å². The largest absolute Gasteiger partial charge is 0.493 e. The Morgan fingerprint density at radius 3 is 2.48 bits per heavy atom. The molecule has 0 saturated carbocycles. The van der Waals surface area contributed by atoms with Gasteiger partial charge in [0.1, 0.15) is 5.75 Å². The smallest absolute Gasteiger partial charge is 0.188 e. The highest BCUT2D eigenvalue weighted by atomic mass is 16.5. The van der Waals surface area contributed by atoms with Crippen molar-refractivity contribution in [2.24, 2.45) is 0 Å². The van der Waals surface area contributed by atoms with Crippen LogP contribution >= 0.6 is 0 Å². The predicted octanol–water partition coefficient (Wildman–Crippen LogP) is 6.81. The summed E-state index contributed by atoms with van der Waals surface area (Å²) in [4.78, 5) is 18.2. The quantitative estimate of drug-likeness (QED) is 0.260. The first-order chi connectivity index (χ1) is 15.1. The summed E-state index contributed by atoms with van der Waals surface area (Å²) in [6.07, 6.45) is 3.44. The Kier molecular flexibility index (Phi) is 5.94. The maximum Gasteiger partial charge on any atom is 0.188 e. The molecule has 1 aromatic heterocycles. The number of ketones is 1. The van der Waals surface area contributed by atoms with Gasteiger partial charge in [0.05, 0.1) is 17.7 Å². The van der Waals surface area contributed by atoms with Crippen LogP contribution in [-0.2, 0) is 0 Å². The molecule has 0 N–H and O–H groups in total. The fraction of sp³-hybridized carbons (Fsp3) is 0.143. The van der Waals surface area contributed by atoms with Crippen molar-refractivity contribution in [3.63, 3.8) is 0 Å². The van der Waals surface area contributed by atoms with Gasteiger partial charge in [0.2, 0.25) is 0 Å². The predicted molar refractivity (Wildman–Crippen MR) is 128 cm³/mol. The fourth-order valence-corrected chi connectivity index (χ4v) is 3.86. The molecule has 0 unspecified atom stereocenters. The van der Waals surface area contributed by atoms with Crippen LogP contribution in [0, 0.1) is 13.8 Å². The van der Waals surface area contributed by atoms with Crippen molar-refractivity contribution in [3.8, 4) is 16.9 Å². The van der Waals surface area contributed by atoms with Crippen LogP contribution in [0.15, 0.2) is 78.9 Å². The molecule has 154 valence electrons. The van der Waals surface area contributed by atoms with Gasteiger partial charge in [0, 0.05) is 22.2 Å². The van der Waals surface area contributed by atoms with Crippen molar-refractivity contribution >= 4 is 22.8 Å². The molecule has 0 aliphatic rings. The maximum atomic E-state index is 13.5. The standard InChI is InChI=1S/C28H25NO2/c1-4-31-26-13-9-8-10-21(26)15-17-25(30)27-20(3)29-24-16-14-19(2)18-23(24)28(27)22-11-6-5-7-12-22/h5-18H,4H2,1-3H3/b17-15-. The number of fused-ring (bicyclic) bond motifs is 1. The fourth-order valence-electron chi connectivity index (χ4n) is 3.86. The van der Waals surface area contributed by atoms with Crippen LogP contribution in [0.5, 0.6) is 5.75 Å². The average molecular weight is 408 g/mol. The maximum absolute atomic E-state index is 13.5. The molecule has 0 fully saturated rings. The van der Waals surface area contributed by atoms with Gasteiger partial charge in [-0.15, -0.1) is 0 Å². The summed E-state index contributed by atoms with van der Waals surface area (Å²) in [5.74, 6) is 0.694. The summed E-state index contributed by atoms with van der Waals surface area (Å²) in [7, 11) is 0. The number of aromatic nitrogens is 1. The first-order valence-electron chi connectivity index (χ1n) is 10.5. The zero-order valence-electron chi connectivity index (χ0n) is 18.1. The van der Waals surface area contributed by atoms with Crippen LogP contribution < -0.4 is 4.74 Å². The summed E-state index contributed by atoms with van der Waals surface area (Å²) >= 11 is 0. The number of allylic oxidation sites excluding steroid dienone is 1. The first-order valence-corrected chi connectivity index (χ1v) is 10.5. The number of carbonyl (C=O) groups is 1. The Balaban J connectivity index is 1.87. The lowest BCUT2D eigenvalue weighted by Gasteiger charge is -2.15. The van der Waals surface area contributed by atoms with E-state index in [-0.39, 0.29) is 5.78 Å². The van der Waals surface area contributed by atoms with Gasteiger partial charge in [0.25, 0.3) is 0 Å². The summed E-state index contributed by atoms with van der Waals surface area (Å²) in [6.45, 7) is 6.48. The third kappa shape index (κ3) is 4.26. The van der Waals surface area contributed by atoms with Crippen molar-refractivity contribution in [1.29, 1.82) is 0 Å². The lowest BCUT2D eigenvalue weighted by Crippen LogP contribution is -2.05. The average Bonchev–Trinajstić information content (AvgIpc) is 2.78. The summed E-state index contributed by atoms with van der Waals surface area (Å²) in [5, 5.41) is 0.989. The van der Waals surface area contributed by atoms with E-state index in [1.807, 2.05) is 80.6 Å². The third-order valence-electron chi connectivity index (χ3n) is 5.26. The molecule has 0 bridgehead atoms. The molecule has 0 amide bonds. The van der Waals surface area contributed by atoms with Gasteiger partial charge >= 0.3 is 0 Å². The summed E-state index contributed by atoms with van der Waals surface area (Å²) in [5.41, 5.74) is 6.20. The molecule has 3 nitrogen and oxygen atoms in total. The Hall–Kier alpha value is -3.72. The highest BCUT2D eigenvalue weighted by Gasteiger charge is 2.19. The van der Waals surface area contributed by atoms with E-state index in [2.05, 4.69) is 19.1 Å². The monoisotopic (exact) mass is 407 g/mol. The van der Waals surface area contributed by atoms with Gasteiger partial charge in [-0.25, -0.2) is 0 Å². The van der Waals surface area contributed by atoms with Gasteiger partial charge < -0.3 is 4.74 Å². The van der Waals surface area contributed by atoms with Crippen LogP contribution in [0.2, 0.25) is 0 Å². The topological polar surface area (TPSA) is 39.2 Å². The molecule has 3 heteroatoms. The van der Waals surface area contributed by atoms with E-state index in [0.29, 0.717) is 12.2 Å². The Morgan fingerprint density at radius 1 is 0.968 bits per heavy atom. The molecule has 0 spiro atoms. The Bertz CT molecular complexity index is 1270.